The Bertz CT molecular complexity index is 411. The van der Waals surface area contributed by atoms with Crippen molar-refractivity contribution in [1.82, 2.24) is 0 Å². The average Bonchev–Trinajstić information content (AvgIpc) is 2.23. The molecule has 0 aliphatic heterocycles. The quantitative estimate of drug-likeness (QED) is 0.843. The van der Waals surface area contributed by atoms with Gasteiger partial charge in [-0.05, 0) is 12.1 Å². The number of benzene rings is 1. The lowest BCUT2D eigenvalue weighted by Gasteiger charge is -2.11. The van der Waals surface area contributed by atoms with E-state index in [2.05, 4.69) is 5.32 Å². The molecule has 1 aromatic rings. The zero-order valence-electron chi connectivity index (χ0n) is 9.09. The average molecular weight is 302 g/mol. The van der Waals surface area contributed by atoms with Crippen LogP contribution in [0, 0.1) is 0 Å². The first-order valence-electron chi connectivity index (χ1n) is 4.46. The highest BCUT2D eigenvalue weighted by Gasteiger charge is 2.28. The molecule has 0 saturated carbocycles. The highest BCUT2D eigenvalue weighted by molar-refractivity contribution is 6.42. The van der Waals surface area contributed by atoms with Crippen molar-refractivity contribution in [3.05, 3.63) is 39.1 Å². The standard InChI is InChI=1S/C8H8Cl2N.C2HF3O2/c1-11-5-6-2-3-7(9)8(10)4-6;3-2(4,5)1(6)7/h2-4H,5H2,1H3;(H,6,7)/q-1;/p-1. The fourth-order valence-electron chi connectivity index (χ4n) is 0.821. The fraction of sp³-hybridized carbons (Fsp3) is 0.300. The summed E-state index contributed by atoms with van der Waals surface area (Å²) in [6, 6.07) is 5.53. The Labute approximate surface area is 112 Å². The number of hydrogen-bond acceptors (Lipinski definition) is 2. The molecule has 8 heteroatoms. The van der Waals surface area contributed by atoms with Crippen molar-refractivity contribution in [1.29, 1.82) is 0 Å². The summed E-state index contributed by atoms with van der Waals surface area (Å²) in [4.78, 5) is 8.78. The number of halogens is 5. The Kier molecular flexibility index (Phi) is 7.05. The van der Waals surface area contributed by atoms with E-state index in [1.54, 1.807) is 13.1 Å². The Morgan fingerprint density at radius 1 is 1.33 bits per heavy atom. The van der Waals surface area contributed by atoms with Gasteiger partial charge < -0.3 is 15.2 Å². The van der Waals surface area contributed by atoms with Gasteiger partial charge in [-0.1, -0.05) is 34.8 Å². The van der Waals surface area contributed by atoms with Crippen LogP contribution in [-0.4, -0.2) is 19.2 Å². The van der Waals surface area contributed by atoms with E-state index in [-0.39, 0.29) is 0 Å². The summed E-state index contributed by atoms with van der Waals surface area (Å²) in [5.41, 5.74) is 1.09. The molecule has 1 aromatic carbocycles. The van der Waals surface area contributed by atoms with E-state index in [4.69, 9.17) is 33.1 Å². The van der Waals surface area contributed by atoms with Crippen LogP contribution in [0.15, 0.2) is 18.2 Å². The SMILES string of the molecule is C[N-]Cc1ccc(Cl)c(Cl)c1.O=C([O-])C(F)(F)F. The smallest absolute Gasteiger partial charge is 0.430 e. The summed E-state index contributed by atoms with van der Waals surface area (Å²) in [6.07, 6.45) is -5.19. The van der Waals surface area contributed by atoms with Gasteiger partial charge in [0.15, 0.2) is 0 Å². The monoisotopic (exact) mass is 301 g/mol. The fourth-order valence-corrected chi connectivity index (χ4v) is 1.14. The Hall–Kier alpha value is -0.980. The van der Waals surface area contributed by atoms with Gasteiger partial charge in [0.05, 0.1) is 10.0 Å². The predicted octanol–water partition coefficient (Wildman–Crippen LogP) is 2.80. The lowest BCUT2D eigenvalue weighted by molar-refractivity contribution is -0.344. The summed E-state index contributed by atoms with van der Waals surface area (Å²) >= 11 is 11.5. The van der Waals surface area contributed by atoms with Crippen LogP contribution >= 0.6 is 23.2 Å². The van der Waals surface area contributed by atoms with E-state index >= 15 is 0 Å². The highest BCUT2D eigenvalue weighted by atomic mass is 35.5. The third-order valence-corrected chi connectivity index (χ3v) is 2.30. The van der Waals surface area contributed by atoms with E-state index in [9.17, 15) is 13.2 Å². The minimum absolute atomic E-state index is 0.589. The molecule has 3 nitrogen and oxygen atoms in total. The molecule has 0 aromatic heterocycles. The Morgan fingerprint density at radius 2 is 1.83 bits per heavy atom. The van der Waals surface area contributed by atoms with Crippen LogP contribution in [0.25, 0.3) is 5.32 Å². The highest BCUT2D eigenvalue weighted by Crippen LogP contribution is 2.23. The number of carbonyl (C=O) groups excluding carboxylic acids is 1. The molecule has 0 amide bonds. The molecule has 0 saturated heterocycles. The van der Waals surface area contributed by atoms with Crippen LogP contribution < -0.4 is 5.11 Å². The molecule has 18 heavy (non-hydrogen) atoms. The van der Waals surface area contributed by atoms with Crippen LogP contribution in [-0.2, 0) is 11.3 Å². The van der Waals surface area contributed by atoms with Gasteiger partial charge in [0, 0.05) is 0 Å². The summed E-state index contributed by atoms with van der Waals surface area (Å²) in [5.74, 6) is -3.01. The maximum Gasteiger partial charge on any atom is 0.430 e. The zero-order chi connectivity index (χ0) is 14.3. The number of hydrogen-bond donors (Lipinski definition) is 0. The van der Waals surface area contributed by atoms with Gasteiger partial charge in [-0.2, -0.15) is 20.2 Å². The molecular formula is C10H8Cl2F3NO2-2. The van der Waals surface area contributed by atoms with Crippen LogP contribution in [0.3, 0.4) is 0 Å². The van der Waals surface area contributed by atoms with Crippen molar-refractivity contribution in [3.63, 3.8) is 0 Å². The van der Waals surface area contributed by atoms with Gasteiger partial charge in [-0.3, -0.25) is 0 Å². The van der Waals surface area contributed by atoms with Crippen molar-refractivity contribution in [2.75, 3.05) is 7.05 Å². The van der Waals surface area contributed by atoms with Crippen LogP contribution in [0.5, 0.6) is 0 Å². The van der Waals surface area contributed by atoms with E-state index < -0.39 is 12.1 Å². The van der Waals surface area contributed by atoms with Crippen molar-refractivity contribution in [2.45, 2.75) is 12.7 Å². The summed E-state index contributed by atoms with van der Waals surface area (Å²) in [6.45, 7) is 0.691. The largest absolute Gasteiger partial charge is 0.661 e. The van der Waals surface area contributed by atoms with Crippen molar-refractivity contribution in [2.24, 2.45) is 0 Å². The normalized spacial score (nSPS) is 10.6. The summed E-state index contributed by atoms with van der Waals surface area (Å²) in [7, 11) is 1.77. The maximum atomic E-state index is 10.5. The van der Waals surface area contributed by atoms with E-state index in [1.807, 2.05) is 12.1 Å². The first kappa shape index (κ1) is 17.0. The molecule has 1 rings (SSSR count). The molecule has 0 aliphatic carbocycles. The Morgan fingerprint density at radius 3 is 2.17 bits per heavy atom. The zero-order valence-corrected chi connectivity index (χ0v) is 10.6. The predicted molar refractivity (Wildman–Crippen MR) is 60.5 cm³/mol. The molecular weight excluding hydrogens is 294 g/mol. The van der Waals surface area contributed by atoms with Crippen molar-refractivity contribution >= 4 is 29.2 Å². The molecule has 0 fully saturated rings. The lowest BCUT2D eigenvalue weighted by Crippen LogP contribution is -2.37. The van der Waals surface area contributed by atoms with E-state index in [0.29, 0.717) is 16.6 Å². The van der Waals surface area contributed by atoms with Gasteiger partial charge in [0.1, 0.15) is 5.97 Å². The van der Waals surface area contributed by atoms with Crippen LogP contribution in [0.2, 0.25) is 10.0 Å². The number of alkyl halides is 3. The third kappa shape index (κ3) is 6.68. The van der Waals surface area contributed by atoms with E-state index in [1.165, 1.54) is 0 Å². The van der Waals surface area contributed by atoms with Gasteiger partial charge in [0.25, 0.3) is 0 Å². The number of rotatable bonds is 2. The molecule has 0 radical (unpaired) electrons. The van der Waals surface area contributed by atoms with Gasteiger partial charge in [0.2, 0.25) is 0 Å². The van der Waals surface area contributed by atoms with E-state index in [0.717, 1.165) is 5.56 Å². The number of carboxylic acid groups (broad SMARTS) is 1. The van der Waals surface area contributed by atoms with Crippen LogP contribution in [0.1, 0.15) is 5.56 Å². The molecule has 102 valence electrons. The number of aliphatic carboxylic acids is 1. The molecule has 0 unspecified atom stereocenters. The molecule has 0 spiro atoms. The van der Waals surface area contributed by atoms with Crippen LogP contribution in [0.4, 0.5) is 13.2 Å². The number of carboxylic acids is 1. The minimum atomic E-state index is -5.19. The van der Waals surface area contributed by atoms with Gasteiger partial charge in [-0.25, -0.2) is 0 Å². The summed E-state index contributed by atoms with van der Waals surface area (Å²) in [5, 5.41) is 13.9. The first-order valence-corrected chi connectivity index (χ1v) is 5.21. The number of nitrogens with zero attached hydrogens (tertiary/aromatic N) is 1. The second kappa shape index (κ2) is 7.45. The molecule has 0 atom stereocenters. The minimum Gasteiger partial charge on any atom is -0.661 e. The van der Waals surface area contributed by atoms with Crippen molar-refractivity contribution in [3.8, 4) is 0 Å². The topological polar surface area (TPSA) is 54.2 Å². The lowest BCUT2D eigenvalue weighted by atomic mass is 10.2. The maximum absolute atomic E-state index is 10.5. The number of carbonyl (C=O) groups is 1. The molecule has 0 aliphatic rings. The first-order chi connectivity index (χ1) is 8.18. The second-order valence-corrected chi connectivity index (χ2v) is 3.82. The third-order valence-electron chi connectivity index (χ3n) is 1.56. The summed E-state index contributed by atoms with van der Waals surface area (Å²) < 4.78 is 31.5. The molecule has 0 N–H and O–H groups in total. The van der Waals surface area contributed by atoms with Crippen molar-refractivity contribution < 1.29 is 23.1 Å². The van der Waals surface area contributed by atoms with Gasteiger partial charge in [-0.15, -0.1) is 6.54 Å². The Balaban J connectivity index is 0.000000360. The van der Waals surface area contributed by atoms with Gasteiger partial charge >= 0.3 is 6.18 Å². The molecule has 0 heterocycles. The second-order valence-electron chi connectivity index (χ2n) is 3.01. The molecule has 0 bridgehead atoms.